The quantitative estimate of drug-likeness (QED) is 0.648. The Balaban J connectivity index is 1.51. The van der Waals surface area contributed by atoms with Crippen LogP contribution in [-0.2, 0) is 11.2 Å². The normalized spacial score (nSPS) is 10.5. The summed E-state index contributed by atoms with van der Waals surface area (Å²) in [5.41, 5.74) is 2.51. The first-order valence-corrected chi connectivity index (χ1v) is 9.47. The van der Waals surface area contributed by atoms with Crippen molar-refractivity contribution in [3.63, 3.8) is 0 Å². The molecule has 1 heterocycles. The number of benzene rings is 2. The number of carbonyl (C=O) groups excluding carboxylic acids is 1. The van der Waals surface area contributed by atoms with Gasteiger partial charge in [0, 0.05) is 22.4 Å². The van der Waals surface area contributed by atoms with E-state index in [1.807, 2.05) is 36.5 Å². The Morgan fingerprint density at radius 2 is 1.88 bits per heavy atom. The Morgan fingerprint density at radius 3 is 2.62 bits per heavy atom. The van der Waals surface area contributed by atoms with Gasteiger partial charge in [0.25, 0.3) is 0 Å². The van der Waals surface area contributed by atoms with Gasteiger partial charge in [-0.15, -0.1) is 23.1 Å². The number of amides is 1. The first kappa shape index (κ1) is 16.7. The molecule has 3 aromatic rings. The number of nitrogens with one attached hydrogen (secondary N) is 1. The van der Waals surface area contributed by atoms with Crippen LogP contribution in [0.25, 0.3) is 0 Å². The minimum absolute atomic E-state index is 0.0277. The fraction of sp³-hybridized carbons (Fsp3) is 0.158. The highest BCUT2D eigenvalue weighted by atomic mass is 32.2. The van der Waals surface area contributed by atoms with Crippen LogP contribution < -0.4 is 5.32 Å². The van der Waals surface area contributed by atoms with E-state index in [-0.39, 0.29) is 5.91 Å². The highest BCUT2D eigenvalue weighted by Crippen LogP contribution is 2.22. The van der Waals surface area contributed by atoms with Crippen molar-refractivity contribution in [3.05, 3.63) is 76.8 Å². The maximum atomic E-state index is 12.0. The summed E-state index contributed by atoms with van der Waals surface area (Å²) >= 11 is 3.05. The summed E-state index contributed by atoms with van der Waals surface area (Å²) < 4.78 is 0. The molecule has 0 aliphatic rings. The topological polar surface area (TPSA) is 42.0 Å². The molecule has 122 valence electrons. The van der Waals surface area contributed by atoms with Crippen LogP contribution in [0, 0.1) is 6.92 Å². The second kappa shape index (κ2) is 8.13. The molecule has 1 aromatic heterocycles. The van der Waals surface area contributed by atoms with Crippen molar-refractivity contribution in [1.29, 1.82) is 0 Å². The molecule has 5 heteroatoms. The number of hydrogen-bond donors (Lipinski definition) is 1. The number of rotatable bonds is 6. The number of aryl methyl sites for hydroxylation is 1. The maximum Gasteiger partial charge on any atom is 0.236 e. The molecule has 0 radical (unpaired) electrons. The first-order chi connectivity index (χ1) is 11.7. The molecule has 0 bridgehead atoms. The zero-order valence-corrected chi connectivity index (χ0v) is 15.0. The van der Waals surface area contributed by atoms with Crippen LogP contribution in [0.4, 0.5) is 5.13 Å². The lowest BCUT2D eigenvalue weighted by Crippen LogP contribution is -2.13. The van der Waals surface area contributed by atoms with Crippen molar-refractivity contribution in [2.24, 2.45) is 0 Å². The van der Waals surface area contributed by atoms with E-state index in [0.29, 0.717) is 10.9 Å². The molecular formula is C19H18N2OS2. The second-order valence-corrected chi connectivity index (χ2v) is 7.61. The van der Waals surface area contributed by atoms with Crippen LogP contribution in [0.3, 0.4) is 0 Å². The van der Waals surface area contributed by atoms with Gasteiger partial charge in [-0.05, 0) is 24.6 Å². The predicted molar refractivity (Wildman–Crippen MR) is 102 cm³/mol. The maximum absolute atomic E-state index is 12.0. The summed E-state index contributed by atoms with van der Waals surface area (Å²) in [7, 11) is 0. The standard InChI is InChI=1S/C19H18N2OS2/c1-14-7-9-15(10-8-14)11-17-12-20-19(24-17)21-18(22)13-23-16-5-3-2-4-6-16/h2-10,12H,11,13H2,1H3,(H,20,21,22). The molecule has 24 heavy (non-hydrogen) atoms. The smallest absolute Gasteiger partial charge is 0.236 e. The third kappa shape index (κ3) is 4.94. The number of hydrogen-bond acceptors (Lipinski definition) is 4. The van der Waals surface area contributed by atoms with Crippen LogP contribution in [-0.4, -0.2) is 16.6 Å². The molecule has 1 N–H and O–H groups in total. The molecule has 0 fully saturated rings. The first-order valence-electron chi connectivity index (χ1n) is 7.67. The average Bonchev–Trinajstić information content (AvgIpc) is 3.03. The highest BCUT2D eigenvalue weighted by molar-refractivity contribution is 8.00. The van der Waals surface area contributed by atoms with Gasteiger partial charge in [0.1, 0.15) is 0 Å². The van der Waals surface area contributed by atoms with Gasteiger partial charge in [0.15, 0.2) is 5.13 Å². The van der Waals surface area contributed by atoms with Crippen molar-refractivity contribution >= 4 is 34.1 Å². The molecule has 0 aliphatic heterocycles. The summed E-state index contributed by atoms with van der Waals surface area (Å²) in [6.07, 6.45) is 2.68. The van der Waals surface area contributed by atoms with Gasteiger partial charge in [0.2, 0.25) is 5.91 Å². The van der Waals surface area contributed by atoms with Gasteiger partial charge in [-0.1, -0.05) is 48.0 Å². The Labute approximate surface area is 150 Å². The van der Waals surface area contributed by atoms with Crippen LogP contribution in [0.15, 0.2) is 65.7 Å². The summed E-state index contributed by atoms with van der Waals surface area (Å²) in [6, 6.07) is 18.4. The van der Waals surface area contributed by atoms with Gasteiger partial charge < -0.3 is 5.32 Å². The summed E-state index contributed by atoms with van der Waals surface area (Å²) in [5.74, 6) is 0.358. The molecule has 0 spiro atoms. The van der Waals surface area contributed by atoms with Gasteiger partial charge in [0.05, 0.1) is 5.75 Å². The largest absolute Gasteiger partial charge is 0.301 e. The van der Waals surface area contributed by atoms with Gasteiger partial charge >= 0.3 is 0 Å². The Morgan fingerprint density at radius 1 is 1.12 bits per heavy atom. The minimum atomic E-state index is -0.0277. The van der Waals surface area contributed by atoms with E-state index >= 15 is 0 Å². The fourth-order valence-electron chi connectivity index (χ4n) is 2.18. The van der Waals surface area contributed by atoms with E-state index in [9.17, 15) is 4.79 Å². The Kier molecular flexibility index (Phi) is 5.67. The molecule has 1 amide bonds. The summed E-state index contributed by atoms with van der Waals surface area (Å²) in [5, 5.41) is 3.54. The number of anilines is 1. The van der Waals surface area contributed by atoms with Crippen LogP contribution in [0.1, 0.15) is 16.0 Å². The monoisotopic (exact) mass is 354 g/mol. The minimum Gasteiger partial charge on any atom is -0.301 e. The fourth-order valence-corrected chi connectivity index (χ4v) is 3.76. The summed E-state index contributed by atoms with van der Waals surface area (Å²) in [6.45, 7) is 2.08. The lowest BCUT2D eigenvalue weighted by molar-refractivity contribution is -0.113. The molecule has 3 rings (SSSR count). The molecule has 0 saturated heterocycles. The van der Waals surface area contributed by atoms with E-state index in [2.05, 4.69) is 41.5 Å². The lowest BCUT2D eigenvalue weighted by Gasteiger charge is -2.02. The number of nitrogens with zero attached hydrogens (tertiary/aromatic N) is 1. The third-order valence-electron chi connectivity index (χ3n) is 3.41. The Hall–Kier alpha value is -2.11. The van der Waals surface area contributed by atoms with Gasteiger partial charge in [-0.3, -0.25) is 4.79 Å². The van der Waals surface area contributed by atoms with Crippen LogP contribution in [0.5, 0.6) is 0 Å². The van der Waals surface area contributed by atoms with Crippen molar-refractivity contribution in [2.45, 2.75) is 18.2 Å². The van der Waals surface area contributed by atoms with Crippen LogP contribution in [0.2, 0.25) is 0 Å². The van der Waals surface area contributed by atoms with Crippen molar-refractivity contribution < 1.29 is 4.79 Å². The molecule has 0 atom stereocenters. The van der Waals surface area contributed by atoms with Crippen molar-refractivity contribution in [1.82, 2.24) is 4.98 Å². The predicted octanol–water partition coefficient (Wildman–Crippen LogP) is 4.77. The van der Waals surface area contributed by atoms with E-state index in [1.165, 1.54) is 34.2 Å². The molecule has 0 aliphatic carbocycles. The van der Waals surface area contributed by atoms with Crippen LogP contribution >= 0.6 is 23.1 Å². The van der Waals surface area contributed by atoms with E-state index in [0.717, 1.165) is 16.2 Å². The number of carbonyl (C=O) groups is 1. The summed E-state index contributed by atoms with van der Waals surface area (Å²) in [4.78, 5) is 18.6. The van der Waals surface area contributed by atoms with E-state index in [4.69, 9.17) is 0 Å². The number of thiazole rings is 1. The molecule has 0 unspecified atom stereocenters. The highest BCUT2D eigenvalue weighted by Gasteiger charge is 2.08. The average molecular weight is 355 g/mol. The zero-order valence-electron chi connectivity index (χ0n) is 13.4. The molecule has 0 saturated carbocycles. The lowest BCUT2D eigenvalue weighted by atomic mass is 10.1. The Bertz CT molecular complexity index is 798. The molecule has 2 aromatic carbocycles. The van der Waals surface area contributed by atoms with E-state index < -0.39 is 0 Å². The van der Waals surface area contributed by atoms with Gasteiger partial charge in [-0.25, -0.2) is 4.98 Å². The molecular weight excluding hydrogens is 336 g/mol. The third-order valence-corrected chi connectivity index (χ3v) is 5.34. The molecule has 3 nitrogen and oxygen atoms in total. The van der Waals surface area contributed by atoms with Crippen molar-refractivity contribution in [2.75, 3.05) is 11.1 Å². The van der Waals surface area contributed by atoms with E-state index in [1.54, 1.807) is 0 Å². The SMILES string of the molecule is Cc1ccc(Cc2cnc(NC(=O)CSc3ccccc3)s2)cc1. The van der Waals surface area contributed by atoms with Gasteiger partial charge in [-0.2, -0.15) is 0 Å². The second-order valence-electron chi connectivity index (χ2n) is 5.44. The number of aromatic nitrogens is 1. The zero-order chi connectivity index (χ0) is 16.8. The van der Waals surface area contributed by atoms with Crippen molar-refractivity contribution in [3.8, 4) is 0 Å². The number of thioether (sulfide) groups is 1.